The fraction of sp³-hybridized carbons (Fsp3) is 0.400. The lowest BCUT2D eigenvalue weighted by molar-refractivity contribution is 0.547. The lowest BCUT2D eigenvalue weighted by Crippen LogP contribution is -2.13. The summed E-state index contributed by atoms with van der Waals surface area (Å²) in [5.41, 5.74) is 3.36. The molecule has 0 spiro atoms. The van der Waals surface area contributed by atoms with Gasteiger partial charge in [0.2, 0.25) is 0 Å². The van der Waals surface area contributed by atoms with Gasteiger partial charge in [-0.05, 0) is 46.4 Å². The average Bonchev–Trinajstić information content (AvgIpc) is 3.28. The summed E-state index contributed by atoms with van der Waals surface area (Å²) in [7, 11) is 0. The summed E-state index contributed by atoms with van der Waals surface area (Å²) in [6, 6.07) is 5.50. The highest BCUT2D eigenvalue weighted by Crippen LogP contribution is 2.48. The molecule has 0 aliphatic heterocycles. The van der Waals surface area contributed by atoms with Crippen LogP contribution in [0.3, 0.4) is 0 Å². The minimum Gasteiger partial charge on any atom is -0.207 e. The predicted octanol–water partition coefficient (Wildman–Crippen LogP) is 6.84. The van der Waals surface area contributed by atoms with Gasteiger partial charge in [0.05, 0.1) is 5.56 Å². The van der Waals surface area contributed by atoms with Gasteiger partial charge in [0.15, 0.2) is 0 Å². The molecule has 1 saturated carbocycles. The molecule has 4 heteroatoms. The zero-order chi connectivity index (χ0) is 17.6. The molecule has 0 atom stereocenters. The van der Waals surface area contributed by atoms with Crippen LogP contribution in [0, 0.1) is 17.5 Å². The molecule has 2 aromatic rings. The smallest absolute Gasteiger partial charge is 0.136 e. The van der Waals surface area contributed by atoms with Gasteiger partial charge in [-0.25, -0.2) is 13.2 Å². The molecule has 0 N–H and O–H groups in total. The van der Waals surface area contributed by atoms with Crippen LogP contribution < -0.4 is 0 Å². The van der Waals surface area contributed by atoms with Gasteiger partial charge in [0.1, 0.15) is 17.5 Å². The fourth-order valence-corrected chi connectivity index (χ4v) is 3.58. The van der Waals surface area contributed by atoms with Crippen LogP contribution in [0.1, 0.15) is 56.2 Å². The van der Waals surface area contributed by atoms with Crippen molar-refractivity contribution in [1.29, 1.82) is 0 Å². The second kappa shape index (κ2) is 6.21. The van der Waals surface area contributed by atoms with Crippen molar-refractivity contribution < 1.29 is 13.2 Å². The first-order valence-corrected chi connectivity index (χ1v) is 9.22. The quantitative estimate of drug-likeness (QED) is 0.498. The van der Waals surface area contributed by atoms with E-state index in [-0.39, 0.29) is 11.0 Å². The summed E-state index contributed by atoms with van der Waals surface area (Å²) < 4.78 is 42.2. The van der Waals surface area contributed by atoms with Gasteiger partial charge in [0, 0.05) is 17.5 Å². The summed E-state index contributed by atoms with van der Waals surface area (Å²) in [4.78, 5) is 0. The van der Waals surface area contributed by atoms with Crippen molar-refractivity contribution in [3.05, 3.63) is 58.4 Å². The highest BCUT2D eigenvalue weighted by atomic mass is 79.9. The molecule has 0 heterocycles. The highest BCUT2D eigenvalue weighted by Gasteiger charge is 2.32. The van der Waals surface area contributed by atoms with Gasteiger partial charge in [-0.15, -0.1) is 0 Å². The number of hydrogen-bond donors (Lipinski definition) is 0. The van der Waals surface area contributed by atoms with Crippen LogP contribution in [0.5, 0.6) is 0 Å². The normalized spacial score (nSPS) is 15.0. The van der Waals surface area contributed by atoms with Gasteiger partial charge in [-0.3, -0.25) is 0 Å². The maximum Gasteiger partial charge on any atom is 0.136 e. The molecule has 0 amide bonds. The van der Waals surface area contributed by atoms with E-state index in [0.717, 1.165) is 41.7 Å². The summed E-state index contributed by atoms with van der Waals surface area (Å²) in [6.07, 6.45) is 2.04. The molecule has 24 heavy (non-hydrogen) atoms. The van der Waals surface area contributed by atoms with Crippen LogP contribution in [-0.4, -0.2) is 0 Å². The molecule has 0 aromatic heterocycles. The average molecular weight is 397 g/mol. The largest absolute Gasteiger partial charge is 0.207 e. The first kappa shape index (κ1) is 17.5. The van der Waals surface area contributed by atoms with E-state index in [1.54, 1.807) is 0 Å². The number of rotatable bonds is 3. The van der Waals surface area contributed by atoms with Crippen molar-refractivity contribution in [2.75, 3.05) is 0 Å². The summed E-state index contributed by atoms with van der Waals surface area (Å²) in [5, 5.41) is 0.625. The van der Waals surface area contributed by atoms with Crippen molar-refractivity contribution in [1.82, 2.24) is 0 Å². The van der Waals surface area contributed by atoms with E-state index in [4.69, 9.17) is 0 Å². The third kappa shape index (κ3) is 3.26. The van der Waals surface area contributed by atoms with Crippen molar-refractivity contribution in [3.8, 4) is 11.1 Å². The summed E-state index contributed by atoms with van der Waals surface area (Å²) >= 11 is 3.51. The Morgan fingerprint density at radius 1 is 1.00 bits per heavy atom. The molecule has 128 valence electrons. The molecule has 2 aromatic carbocycles. The lowest BCUT2D eigenvalue weighted by Gasteiger charge is -2.24. The van der Waals surface area contributed by atoms with E-state index in [1.807, 2.05) is 6.07 Å². The molecule has 0 nitrogen and oxygen atoms in total. The van der Waals surface area contributed by atoms with Crippen molar-refractivity contribution in [2.45, 2.75) is 50.3 Å². The van der Waals surface area contributed by atoms with E-state index in [9.17, 15) is 13.2 Å². The van der Waals surface area contributed by atoms with Gasteiger partial charge < -0.3 is 0 Å². The molecule has 1 fully saturated rings. The minimum absolute atomic E-state index is 0.119. The Morgan fingerprint density at radius 2 is 1.58 bits per heavy atom. The summed E-state index contributed by atoms with van der Waals surface area (Å²) in [5.74, 6) is -2.26. The highest BCUT2D eigenvalue weighted by molar-refractivity contribution is 9.08. The Bertz CT molecular complexity index is 763. The van der Waals surface area contributed by atoms with E-state index < -0.39 is 17.5 Å². The zero-order valence-corrected chi connectivity index (χ0v) is 15.6. The topological polar surface area (TPSA) is 0 Å². The molecular weight excluding hydrogens is 377 g/mol. The molecule has 0 bridgehead atoms. The number of halogens is 4. The zero-order valence-electron chi connectivity index (χ0n) is 14.0. The number of benzene rings is 2. The Hall–Kier alpha value is -1.29. The van der Waals surface area contributed by atoms with Crippen LogP contribution in [-0.2, 0) is 10.7 Å². The van der Waals surface area contributed by atoms with Gasteiger partial charge in [-0.2, -0.15) is 0 Å². The Labute approximate surface area is 149 Å². The maximum absolute atomic E-state index is 14.4. The first-order chi connectivity index (χ1) is 11.2. The minimum atomic E-state index is -0.894. The van der Waals surface area contributed by atoms with Gasteiger partial charge in [0.25, 0.3) is 0 Å². The second-order valence-electron chi connectivity index (χ2n) is 7.50. The van der Waals surface area contributed by atoms with Gasteiger partial charge in [-0.1, -0.05) is 48.8 Å². The number of hydrogen-bond acceptors (Lipinski definition) is 0. The molecule has 1 aliphatic carbocycles. The predicted molar refractivity (Wildman–Crippen MR) is 95.1 cm³/mol. The lowest BCUT2D eigenvalue weighted by atomic mass is 9.81. The van der Waals surface area contributed by atoms with Crippen LogP contribution in [0.25, 0.3) is 11.1 Å². The second-order valence-corrected chi connectivity index (χ2v) is 8.06. The van der Waals surface area contributed by atoms with Gasteiger partial charge >= 0.3 is 0 Å². The molecule has 3 rings (SSSR count). The maximum atomic E-state index is 14.4. The molecule has 1 aliphatic rings. The third-order valence-corrected chi connectivity index (χ3v) is 5.14. The Morgan fingerprint density at radius 3 is 2.04 bits per heavy atom. The van der Waals surface area contributed by atoms with Crippen LogP contribution in [0.15, 0.2) is 24.3 Å². The first-order valence-electron chi connectivity index (χ1n) is 8.10. The van der Waals surface area contributed by atoms with Crippen molar-refractivity contribution in [3.63, 3.8) is 0 Å². The molecule has 0 unspecified atom stereocenters. The Kier molecular flexibility index (Phi) is 4.54. The number of alkyl halides is 1. The van der Waals surface area contributed by atoms with Crippen molar-refractivity contribution >= 4 is 15.9 Å². The SMILES string of the molecule is CC(C)(C)c1cc(CBr)c(C2CC2)c(-c2c(F)cc(F)cc2F)c1. The van der Waals surface area contributed by atoms with E-state index in [2.05, 4.69) is 42.8 Å². The fourth-order valence-electron chi connectivity index (χ4n) is 3.12. The van der Waals surface area contributed by atoms with E-state index in [0.29, 0.717) is 16.8 Å². The van der Waals surface area contributed by atoms with Crippen molar-refractivity contribution in [2.24, 2.45) is 0 Å². The molecular formula is C20H20BrF3. The summed E-state index contributed by atoms with van der Waals surface area (Å²) in [6.45, 7) is 6.20. The monoisotopic (exact) mass is 396 g/mol. The van der Waals surface area contributed by atoms with Crippen LogP contribution in [0.2, 0.25) is 0 Å². The Balaban J connectivity index is 2.33. The molecule has 0 saturated heterocycles. The molecule has 0 radical (unpaired) electrons. The van der Waals surface area contributed by atoms with Crippen LogP contribution >= 0.6 is 15.9 Å². The van der Waals surface area contributed by atoms with E-state index >= 15 is 0 Å². The standard InChI is InChI=1S/C20H20BrF3/c1-20(2,3)13-6-12(10-21)18(11-4-5-11)15(7-13)19-16(23)8-14(22)9-17(19)24/h6-9,11H,4-5,10H2,1-3H3. The third-order valence-electron chi connectivity index (χ3n) is 4.54. The van der Waals surface area contributed by atoms with Crippen LogP contribution in [0.4, 0.5) is 13.2 Å². The van der Waals surface area contributed by atoms with E-state index in [1.165, 1.54) is 0 Å².